The van der Waals surface area contributed by atoms with E-state index in [1.54, 1.807) is 25.3 Å². The molecular formula is C124H76N18. The molecule has 0 amide bonds. The number of hydrogen-bond acceptors (Lipinski definition) is 10. The van der Waals surface area contributed by atoms with Crippen molar-refractivity contribution in [2.45, 2.75) is 0 Å². The molecule has 30 rings (SSSR count). The van der Waals surface area contributed by atoms with E-state index >= 15 is 0 Å². The van der Waals surface area contributed by atoms with Crippen molar-refractivity contribution in [2.24, 2.45) is 0 Å². The molecule has 662 valence electrons. The molecule has 0 aliphatic heterocycles. The molecule has 0 spiro atoms. The van der Waals surface area contributed by atoms with Gasteiger partial charge in [-0.05, 0) is 181 Å². The molecule has 0 saturated heterocycles. The van der Waals surface area contributed by atoms with Gasteiger partial charge in [0.05, 0.1) is 161 Å². The van der Waals surface area contributed by atoms with Gasteiger partial charge in [-0.2, -0.15) is 0 Å². The van der Waals surface area contributed by atoms with Crippen LogP contribution in [0.2, 0.25) is 0 Å². The van der Waals surface area contributed by atoms with Crippen molar-refractivity contribution in [3.8, 4) is 56.6 Å². The van der Waals surface area contributed by atoms with Gasteiger partial charge < -0.3 is 46.3 Å². The number of hydrogen-bond donors (Lipinski definition) is 0. The van der Waals surface area contributed by atoms with Gasteiger partial charge in [-0.1, -0.05) is 218 Å². The maximum absolute atomic E-state index is 4.57. The molecule has 18 heteroatoms. The van der Waals surface area contributed by atoms with Crippen LogP contribution in [0.25, 0.3) is 231 Å². The number of benzene rings is 18. The van der Waals surface area contributed by atoms with E-state index in [1.807, 2.05) is 49.6 Å². The lowest BCUT2D eigenvalue weighted by Gasteiger charge is -2.27. The summed E-state index contributed by atoms with van der Waals surface area (Å²) in [5.41, 5.74) is 33.1. The highest BCUT2D eigenvalue weighted by Gasteiger charge is 2.30. The second-order valence-corrected chi connectivity index (χ2v) is 36.5. The SMILES string of the molecule is c1ccc2c(c1)c1ccc3c4ccccc4n(-c4cncnc4)c3c1n2-c1ccc(N(c2ccc(-c3ccc(N(c4ccc(-n5c6ccccc6c6ccc7c8ccccc8n(-c8cncnc8)c7c65)cc4)c4ccc(-n5c6ccccc6c6ccc7c8ccccc8n(-c8cncnc8)c7c65)cc4)cc3)cc2)c2ccc(-n3c4ccccc4c4ccc5c6ccccc6n(-c6cncnc6)c5c43)cc2)cc1. The molecule has 0 aliphatic rings. The van der Waals surface area contributed by atoms with Gasteiger partial charge in [0.1, 0.15) is 25.3 Å². The second-order valence-electron chi connectivity index (χ2n) is 36.5. The van der Waals surface area contributed by atoms with Crippen molar-refractivity contribution in [3.63, 3.8) is 0 Å². The Morgan fingerprint density at radius 2 is 0.268 bits per heavy atom. The Kier molecular flexibility index (Phi) is 17.1. The first kappa shape index (κ1) is 78.6. The number of nitrogens with zero attached hydrogens (tertiary/aromatic N) is 18. The van der Waals surface area contributed by atoms with Gasteiger partial charge in [-0.15, -0.1) is 0 Å². The molecule has 0 N–H and O–H groups in total. The van der Waals surface area contributed by atoms with Crippen LogP contribution in [0.5, 0.6) is 0 Å². The van der Waals surface area contributed by atoms with E-state index in [4.69, 9.17) is 0 Å². The van der Waals surface area contributed by atoms with Gasteiger partial charge in [0.25, 0.3) is 0 Å². The molecule has 12 heterocycles. The Morgan fingerprint density at radius 1 is 0.127 bits per heavy atom. The topological polar surface area (TPSA) is 149 Å². The monoisotopic (exact) mass is 1820 g/mol. The summed E-state index contributed by atoms with van der Waals surface area (Å²) in [7, 11) is 0. The van der Waals surface area contributed by atoms with Gasteiger partial charge in [0, 0.05) is 143 Å². The summed E-state index contributed by atoms with van der Waals surface area (Å²) < 4.78 is 19.1. The van der Waals surface area contributed by atoms with Crippen LogP contribution in [0.4, 0.5) is 34.1 Å². The van der Waals surface area contributed by atoms with Crippen LogP contribution in [0, 0.1) is 0 Å². The lowest BCUT2D eigenvalue weighted by molar-refractivity contribution is 1.07. The minimum atomic E-state index is 0.888. The fourth-order valence-electron chi connectivity index (χ4n) is 23.3. The third-order valence-electron chi connectivity index (χ3n) is 29.1. The van der Waals surface area contributed by atoms with Crippen molar-refractivity contribution < 1.29 is 0 Å². The quantitative estimate of drug-likeness (QED) is 0.0971. The molecule has 0 fully saturated rings. The van der Waals surface area contributed by atoms with Crippen LogP contribution in [-0.4, -0.2) is 76.4 Å². The normalized spacial score (nSPS) is 12.1. The molecule has 142 heavy (non-hydrogen) atoms. The lowest BCUT2D eigenvalue weighted by atomic mass is 10.0. The van der Waals surface area contributed by atoms with Crippen molar-refractivity contribution in [1.82, 2.24) is 76.4 Å². The van der Waals surface area contributed by atoms with E-state index in [0.29, 0.717) is 0 Å². The maximum Gasteiger partial charge on any atom is 0.115 e. The molecule has 0 saturated carbocycles. The van der Waals surface area contributed by atoms with Gasteiger partial charge >= 0.3 is 0 Å². The Labute approximate surface area is 809 Å². The molecule has 30 aromatic rings. The molecule has 0 aliphatic carbocycles. The molecule has 18 aromatic carbocycles. The van der Waals surface area contributed by atoms with Gasteiger partial charge in [-0.3, -0.25) is 0 Å². The number of anilines is 6. The maximum atomic E-state index is 4.57. The summed E-state index contributed by atoms with van der Waals surface area (Å²) in [6.45, 7) is 0. The molecular weight excluding hydrogens is 1740 g/mol. The third kappa shape index (κ3) is 11.6. The van der Waals surface area contributed by atoms with Gasteiger partial charge in [0.2, 0.25) is 0 Å². The van der Waals surface area contributed by atoms with E-state index in [-0.39, 0.29) is 0 Å². The van der Waals surface area contributed by atoms with Crippen molar-refractivity contribution >= 4 is 209 Å². The minimum Gasteiger partial charge on any atom is -0.311 e. The number of rotatable bonds is 15. The molecule has 0 unspecified atom stereocenters. The van der Waals surface area contributed by atoms with E-state index in [2.05, 4.69) is 474 Å². The number of fused-ring (bicyclic) bond motifs is 28. The highest BCUT2D eigenvalue weighted by atomic mass is 15.2. The summed E-state index contributed by atoms with van der Waals surface area (Å²) in [4.78, 5) is 41.3. The van der Waals surface area contributed by atoms with Crippen LogP contribution >= 0.6 is 0 Å². The van der Waals surface area contributed by atoms with Crippen LogP contribution < -0.4 is 9.80 Å². The van der Waals surface area contributed by atoms with Crippen molar-refractivity contribution in [2.75, 3.05) is 9.80 Å². The predicted molar refractivity (Wildman–Crippen MR) is 578 cm³/mol. The highest BCUT2D eigenvalue weighted by molar-refractivity contribution is 6.29. The Morgan fingerprint density at radius 3 is 0.430 bits per heavy atom. The largest absolute Gasteiger partial charge is 0.311 e. The minimum absolute atomic E-state index is 0.888. The summed E-state index contributed by atoms with van der Waals surface area (Å²) in [6.07, 6.45) is 21.6. The second kappa shape index (κ2) is 30.9. The summed E-state index contributed by atoms with van der Waals surface area (Å²) in [5, 5.41) is 18.4. The Balaban J connectivity index is 0.568. The predicted octanol–water partition coefficient (Wildman–Crippen LogP) is 30.2. The van der Waals surface area contributed by atoms with E-state index in [9.17, 15) is 0 Å². The fraction of sp³-hybridized carbons (Fsp3) is 0. The Hall–Kier alpha value is -19.7. The van der Waals surface area contributed by atoms with Crippen molar-refractivity contribution in [3.05, 3.63) is 463 Å². The van der Waals surface area contributed by atoms with Gasteiger partial charge in [0.15, 0.2) is 0 Å². The highest BCUT2D eigenvalue weighted by Crippen LogP contribution is 2.51. The fourth-order valence-corrected chi connectivity index (χ4v) is 23.3. The standard InChI is InChI=1S/C124H76N18/c1-9-25-109-93(17-1)101-57-61-105-97-21-5-13-29-113(97)139(89-65-125-73-126-66-89)121(105)117(101)135(109)85-49-41-81(42-50-85)133(82-43-51-86(52-44-82)136-110-26-10-2-18-94(110)102-58-62-106-98-22-6-14-30-114(98)140(122(106)118(102)136)90-67-127-74-128-68-90)79-37-33-77(34-38-79)78-35-39-80(40-36-78)134(83-45-53-87(54-46-83)137-111-27-11-3-19-95(111)103-59-63-107-99-23-7-15-31-115(99)141(123(107)119(103)137)91-69-129-75-130-70-91)84-47-55-88(56-48-84)138-112-28-12-4-20-96(112)104-60-64-108-100-24-8-16-32-116(100)142(124(108)120(104)138)92-71-131-76-132-72-92/h1-76H. The van der Waals surface area contributed by atoms with Crippen LogP contribution in [0.1, 0.15) is 0 Å². The average molecular weight is 1820 g/mol. The summed E-state index contributed by atoms with van der Waals surface area (Å²) in [6, 6.07) is 142. The Bertz CT molecular complexity index is 9250. The zero-order valence-corrected chi connectivity index (χ0v) is 75.9. The lowest BCUT2D eigenvalue weighted by Crippen LogP contribution is -2.10. The average Bonchev–Trinajstić information content (AvgIpc) is 1.56. The van der Waals surface area contributed by atoms with Crippen LogP contribution in [-0.2, 0) is 0 Å². The molecule has 0 bridgehead atoms. The summed E-state index contributed by atoms with van der Waals surface area (Å²) in [5.74, 6) is 0. The zero-order chi connectivity index (χ0) is 92.9. The molecule has 0 atom stereocenters. The van der Waals surface area contributed by atoms with Crippen LogP contribution in [0.3, 0.4) is 0 Å². The number of para-hydroxylation sites is 8. The first-order chi connectivity index (χ1) is 70.5. The molecule has 12 aromatic heterocycles. The summed E-state index contributed by atoms with van der Waals surface area (Å²) >= 11 is 0. The van der Waals surface area contributed by atoms with E-state index in [1.165, 1.54) is 0 Å². The van der Waals surface area contributed by atoms with E-state index < -0.39 is 0 Å². The first-order valence-corrected chi connectivity index (χ1v) is 47.6. The zero-order valence-electron chi connectivity index (χ0n) is 75.9. The third-order valence-corrected chi connectivity index (χ3v) is 29.1. The van der Waals surface area contributed by atoms with Gasteiger partial charge in [-0.25, -0.2) is 39.9 Å². The molecule has 18 nitrogen and oxygen atoms in total. The number of aromatic nitrogens is 16. The van der Waals surface area contributed by atoms with Crippen LogP contribution in [0.15, 0.2) is 463 Å². The first-order valence-electron chi connectivity index (χ1n) is 47.6. The smallest absolute Gasteiger partial charge is 0.115 e. The van der Waals surface area contributed by atoms with Crippen molar-refractivity contribution in [1.29, 1.82) is 0 Å². The van der Waals surface area contributed by atoms with E-state index in [0.717, 1.165) is 265 Å². The molecule has 0 radical (unpaired) electrons.